The third kappa shape index (κ3) is 5.67. The number of carbonyl (C=O) groups is 2. The average molecular weight is 441 g/mol. The first-order chi connectivity index (χ1) is 16.0. The Labute approximate surface area is 194 Å². The molecule has 2 unspecified atom stereocenters. The van der Waals surface area contributed by atoms with Crippen LogP contribution in [0.15, 0.2) is 84.9 Å². The van der Waals surface area contributed by atoms with Crippen LogP contribution in [0.4, 0.5) is 17.1 Å². The number of rotatable bonds is 6. The Hall–Kier alpha value is -3.90. The van der Waals surface area contributed by atoms with Crippen LogP contribution in [0.2, 0.25) is 0 Å². The van der Waals surface area contributed by atoms with Crippen molar-refractivity contribution in [2.75, 3.05) is 36.5 Å². The third-order valence-corrected chi connectivity index (χ3v) is 5.89. The Bertz CT molecular complexity index is 1140. The Morgan fingerprint density at radius 2 is 1.61 bits per heavy atom. The van der Waals surface area contributed by atoms with Gasteiger partial charge in [0.1, 0.15) is 0 Å². The van der Waals surface area contributed by atoms with Crippen molar-refractivity contribution in [2.24, 2.45) is 5.92 Å². The van der Waals surface area contributed by atoms with Crippen LogP contribution in [0.5, 0.6) is 0 Å². The summed E-state index contributed by atoms with van der Waals surface area (Å²) in [6.07, 6.45) is 3.25. The molecule has 0 aromatic heterocycles. The van der Waals surface area contributed by atoms with E-state index in [1.165, 1.54) is 6.08 Å². The van der Waals surface area contributed by atoms with Gasteiger partial charge in [0, 0.05) is 30.8 Å². The van der Waals surface area contributed by atoms with E-state index in [-0.39, 0.29) is 23.7 Å². The molecular formula is C27H28N4O2. The van der Waals surface area contributed by atoms with Crippen molar-refractivity contribution in [3.63, 3.8) is 0 Å². The first-order valence-corrected chi connectivity index (χ1v) is 11.0. The zero-order chi connectivity index (χ0) is 23.2. The van der Waals surface area contributed by atoms with E-state index >= 15 is 0 Å². The van der Waals surface area contributed by atoms with Gasteiger partial charge in [-0.1, -0.05) is 54.6 Å². The maximum absolute atomic E-state index is 13.0. The first kappa shape index (κ1) is 22.3. The smallest absolute Gasteiger partial charge is 0.248 e. The second-order valence-electron chi connectivity index (χ2n) is 8.37. The molecule has 4 N–H and O–H groups in total. The van der Waals surface area contributed by atoms with E-state index in [0.717, 1.165) is 23.4 Å². The predicted molar refractivity (Wildman–Crippen MR) is 134 cm³/mol. The summed E-state index contributed by atoms with van der Waals surface area (Å²) in [5.74, 6) is -0.219. The molecule has 2 atom stereocenters. The highest BCUT2D eigenvalue weighted by Gasteiger charge is 2.36. The lowest BCUT2D eigenvalue weighted by atomic mass is 9.88. The van der Waals surface area contributed by atoms with E-state index < -0.39 is 0 Å². The Balaban J connectivity index is 1.41. The van der Waals surface area contributed by atoms with Gasteiger partial charge in [-0.3, -0.25) is 9.59 Å². The van der Waals surface area contributed by atoms with Crippen LogP contribution in [-0.4, -0.2) is 36.9 Å². The van der Waals surface area contributed by atoms with E-state index in [9.17, 15) is 9.59 Å². The molecule has 3 aromatic carbocycles. The van der Waals surface area contributed by atoms with Crippen molar-refractivity contribution in [2.45, 2.75) is 5.92 Å². The number of nitrogens with two attached hydrogens (primary N) is 1. The van der Waals surface area contributed by atoms with Gasteiger partial charge in [0.15, 0.2) is 0 Å². The van der Waals surface area contributed by atoms with Crippen LogP contribution in [0.3, 0.4) is 0 Å². The normalized spacial score (nSPS) is 18.3. The van der Waals surface area contributed by atoms with Gasteiger partial charge in [-0.2, -0.15) is 0 Å². The Morgan fingerprint density at radius 1 is 0.909 bits per heavy atom. The molecule has 0 radical (unpaired) electrons. The number of carbonyl (C=O) groups excluding carboxylic acids is 2. The monoisotopic (exact) mass is 440 g/mol. The molecule has 1 saturated heterocycles. The number of nitrogen functional groups attached to an aromatic ring is 1. The van der Waals surface area contributed by atoms with Crippen LogP contribution in [0.25, 0.3) is 6.08 Å². The number of amides is 2. The molecule has 6 heteroatoms. The summed E-state index contributed by atoms with van der Waals surface area (Å²) >= 11 is 0. The summed E-state index contributed by atoms with van der Waals surface area (Å²) in [5, 5.41) is 5.82. The van der Waals surface area contributed by atoms with Gasteiger partial charge in [-0.15, -0.1) is 0 Å². The summed E-state index contributed by atoms with van der Waals surface area (Å²) in [7, 11) is 2.04. The molecule has 1 fully saturated rings. The maximum atomic E-state index is 13.0. The quantitative estimate of drug-likeness (QED) is 0.396. The summed E-state index contributed by atoms with van der Waals surface area (Å²) < 4.78 is 0. The molecule has 1 heterocycles. The molecule has 168 valence electrons. The lowest BCUT2D eigenvalue weighted by Gasteiger charge is -2.19. The molecule has 0 spiro atoms. The lowest BCUT2D eigenvalue weighted by Crippen LogP contribution is -2.28. The average Bonchev–Trinajstić information content (AvgIpc) is 3.22. The topological polar surface area (TPSA) is 87.5 Å². The van der Waals surface area contributed by atoms with Crippen molar-refractivity contribution in [1.82, 2.24) is 4.90 Å². The number of anilines is 3. The van der Waals surface area contributed by atoms with Gasteiger partial charge in [-0.25, -0.2) is 0 Å². The van der Waals surface area contributed by atoms with Crippen molar-refractivity contribution in [3.05, 3.63) is 96.1 Å². The molecular weight excluding hydrogens is 412 g/mol. The highest BCUT2D eigenvalue weighted by atomic mass is 16.2. The number of nitrogens with one attached hydrogen (secondary N) is 2. The van der Waals surface area contributed by atoms with E-state index in [1.54, 1.807) is 18.2 Å². The van der Waals surface area contributed by atoms with E-state index in [2.05, 4.69) is 15.5 Å². The fourth-order valence-corrected chi connectivity index (χ4v) is 4.17. The number of para-hydroxylation sites is 3. The second kappa shape index (κ2) is 10.1. The molecule has 3 aromatic rings. The van der Waals surface area contributed by atoms with Gasteiger partial charge < -0.3 is 21.3 Å². The van der Waals surface area contributed by atoms with E-state index in [1.807, 2.05) is 73.8 Å². The Kier molecular flexibility index (Phi) is 6.86. The number of likely N-dealkylation sites (tertiary alicyclic amines) is 1. The summed E-state index contributed by atoms with van der Waals surface area (Å²) in [6, 6.07) is 24.7. The van der Waals surface area contributed by atoms with Gasteiger partial charge in [-0.05, 0) is 48.5 Å². The maximum Gasteiger partial charge on any atom is 0.248 e. The highest BCUT2D eigenvalue weighted by molar-refractivity contribution is 6.03. The summed E-state index contributed by atoms with van der Waals surface area (Å²) in [6.45, 7) is 1.54. The van der Waals surface area contributed by atoms with Crippen molar-refractivity contribution < 1.29 is 9.59 Å². The van der Waals surface area contributed by atoms with Crippen molar-refractivity contribution in [1.29, 1.82) is 0 Å². The predicted octanol–water partition coefficient (Wildman–Crippen LogP) is 4.20. The molecule has 1 aliphatic rings. The number of hydrogen-bond acceptors (Lipinski definition) is 4. The molecule has 2 amide bonds. The number of benzene rings is 3. The van der Waals surface area contributed by atoms with E-state index in [4.69, 9.17) is 5.73 Å². The minimum Gasteiger partial charge on any atom is -0.397 e. The first-order valence-electron chi connectivity index (χ1n) is 11.0. The minimum atomic E-state index is -0.243. The zero-order valence-corrected chi connectivity index (χ0v) is 18.6. The van der Waals surface area contributed by atoms with Gasteiger partial charge in [0.05, 0.1) is 17.3 Å². The van der Waals surface area contributed by atoms with Crippen LogP contribution >= 0.6 is 0 Å². The van der Waals surface area contributed by atoms with Crippen LogP contribution in [0.1, 0.15) is 17.0 Å². The number of likely N-dealkylation sites (N-methyl/N-ethyl adjacent to an activating group) is 1. The fraction of sp³-hybridized carbons (Fsp3) is 0.185. The minimum absolute atomic E-state index is 0.0383. The van der Waals surface area contributed by atoms with Crippen LogP contribution in [-0.2, 0) is 9.59 Å². The number of hydrogen-bond donors (Lipinski definition) is 3. The summed E-state index contributed by atoms with van der Waals surface area (Å²) in [5.41, 5.74) is 9.82. The lowest BCUT2D eigenvalue weighted by molar-refractivity contribution is -0.119. The Morgan fingerprint density at radius 3 is 2.33 bits per heavy atom. The van der Waals surface area contributed by atoms with Gasteiger partial charge in [0.2, 0.25) is 11.8 Å². The molecule has 0 saturated carbocycles. The molecule has 6 nitrogen and oxygen atoms in total. The molecule has 1 aliphatic heterocycles. The van der Waals surface area contributed by atoms with Crippen molar-refractivity contribution in [3.8, 4) is 0 Å². The van der Waals surface area contributed by atoms with Crippen molar-refractivity contribution >= 4 is 35.0 Å². The summed E-state index contributed by atoms with van der Waals surface area (Å²) in [4.78, 5) is 27.4. The fourth-order valence-electron chi connectivity index (χ4n) is 4.17. The molecule has 0 bridgehead atoms. The molecule has 0 aliphatic carbocycles. The third-order valence-electron chi connectivity index (χ3n) is 5.89. The highest BCUT2D eigenvalue weighted by Crippen LogP contribution is 2.33. The standard InChI is InChI=1S/C27H28N4O2/c1-31-17-22(23(18-31)27(33)29-21-7-3-2-4-8-21)20-14-11-19(12-15-20)13-16-26(32)30-25-10-6-5-9-24(25)28/h2-16,22-23H,17-18,28H2,1H3,(H,29,33)(H,30,32). The zero-order valence-electron chi connectivity index (χ0n) is 18.6. The SMILES string of the molecule is CN1CC(C(=O)Nc2ccccc2)C(c2ccc(C=CC(=O)Nc3ccccc3N)cc2)C1. The number of nitrogens with zero attached hydrogens (tertiary/aromatic N) is 1. The largest absolute Gasteiger partial charge is 0.397 e. The molecule has 33 heavy (non-hydrogen) atoms. The molecule has 4 rings (SSSR count). The van der Waals surface area contributed by atoms with Gasteiger partial charge >= 0.3 is 0 Å². The van der Waals surface area contributed by atoms with Gasteiger partial charge in [0.25, 0.3) is 0 Å². The second-order valence-corrected chi connectivity index (χ2v) is 8.37. The van der Waals surface area contributed by atoms with E-state index in [0.29, 0.717) is 17.9 Å². The van der Waals surface area contributed by atoms with Crippen LogP contribution < -0.4 is 16.4 Å². The van der Waals surface area contributed by atoms with Crippen LogP contribution in [0, 0.1) is 5.92 Å².